The van der Waals surface area contributed by atoms with Crippen LogP contribution in [0.25, 0.3) is 70.8 Å². The van der Waals surface area contributed by atoms with Gasteiger partial charge in [0.1, 0.15) is 4.83 Å². The average Bonchev–Trinajstić information content (AvgIpc) is 3.86. The fourth-order valence-corrected chi connectivity index (χ4v) is 11.3. The van der Waals surface area contributed by atoms with E-state index in [1.54, 1.807) is 11.3 Å². The number of hydrogen-bond donors (Lipinski definition) is 0. The SMILES string of the molecule is Cc1ccc2c(n1)sc1c(-c3nc4ccccc4n3-c3c(C(C)C)cc(-c4ccccc4)cc3C(C)C)[c-]ccc12.[2H]C([2H])(c1cc(-c2[c-]ccc(C(C)(C)C)c2)ncc1[Si](C)(C)C)C(C)(C)C.[Ir]. The van der Waals surface area contributed by atoms with E-state index in [4.69, 9.17) is 17.7 Å². The molecule has 0 bridgehead atoms. The minimum absolute atomic E-state index is 0. The molecule has 347 valence electrons. The molecule has 0 aliphatic heterocycles. The number of pyridine rings is 2. The van der Waals surface area contributed by atoms with E-state index in [2.05, 4.69) is 189 Å². The zero-order chi connectivity index (χ0) is 49.1. The maximum absolute atomic E-state index is 8.89. The van der Waals surface area contributed by atoms with Crippen LogP contribution in [0.2, 0.25) is 19.6 Å². The van der Waals surface area contributed by atoms with Crippen LogP contribution in [-0.2, 0) is 31.9 Å². The van der Waals surface area contributed by atoms with Gasteiger partial charge in [-0.15, -0.1) is 53.6 Å². The van der Waals surface area contributed by atoms with E-state index in [0.717, 1.165) is 55.0 Å². The summed E-state index contributed by atoms with van der Waals surface area (Å²) < 4.78 is 21.4. The van der Waals surface area contributed by atoms with Gasteiger partial charge >= 0.3 is 0 Å². The molecule has 0 spiro atoms. The molecule has 9 aromatic rings. The quantitative estimate of drug-likeness (QED) is 0.112. The van der Waals surface area contributed by atoms with Crippen molar-refractivity contribution in [3.05, 3.63) is 162 Å². The van der Waals surface area contributed by atoms with E-state index in [-0.39, 0.29) is 25.5 Å². The Morgan fingerprint density at radius 3 is 2.03 bits per heavy atom. The van der Waals surface area contributed by atoms with Gasteiger partial charge in [-0.2, -0.15) is 11.3 Å². The fraction of sp³-hybridized carbons (Fsp3) is 0.317. The molecule has 0 amide bonds. The van der Waals surface area contributed by atoms with Gasteiger partial charge in [-0.1, -0.05) is 160 Å². The van der Waals surface area contributed by atoms with Crippen molar-refractivity contribution >= 4 is 55.9 Å². The summed E-state index contributed by atoms with van der Waals surface area (Å²) in [5.41, 5.74) is 13.8. The number of rotatable bonds is 8. The topological polar surface area (TPSA) is 43.6 Å². The number of hydrogen-bond acceptors (Lipinski definition) is 4. The van der Waals surface area contributed by atoms with Gasteiger partial charge in [0.2, 0.25) is 0 Å². The zero-order valence-corrected chi connectivity index (χ0v) is 45.9. The summed E-state index contributed by atoms with van der Waals surface area (Å²) >= 11 is 1.74. The minimum atomic E-state index is -1.74. The maximum Gasteiger partial charge on any atom is 0.113 e. The number of aromatic nitrogens is 4. The summed E-state index contributed by atoms with van der Waals surface area (Å²) in [6, 6.07) is 47.5. The zero-order valence-electron chi connectivity index (χ0n) is 43.7. The van der Waals surface area contributed by atoms with E-state index < -0.39 is 19.9 Å². The minimum Gasteiger partial charge on any atom is -0.333 e. The van der Waals surface area contributed by atoms with Gasteiger partial charge in [0.15, 0.2) is 0 Å². The van der Waals surface area contributed by atoms with Crippen molar-refractivity contribution in [1.29, 1.82) is 0 Å². The molecule has 4 nitrogen and oxygen atoms in total. The molecule has 0 N–H and O–H groups in total. The van der Waals surface area contributed by atoms with Gasteiger partial charge in [0.25, 0.3) is 0 Å². The van der Waals surface area contributed by atoms with Crippen LogP contribution in [0, 0.1) is 24.5 Å². The van der Waals surface area contributed by atoms with Crippen molar-refractivity contribution < 1.29 is 22.8 Å². The third-order valence-corrected chi connectivity index (χ3v) is 15.3. The average molecular weight is 1100 g/mol. The van der Waals surface area contributed by atoms with Gasteiger partial charge < -0.3 is 9.55 Å². The van der Waals surface area contributed by atoms with E-state index >= 15 is 0 Å². The monoisotopic (exact) mass is 1100 g/mol. The molecule has 1 radical (unpaired) electrons. The second-order valence-electron chi connectivity index (χ2n) is 21.4. The van der Waals surface area contributed by atoms with Crippen molar-refractivity contribution in [2.75, 3.05) is 0 Å². The number of fused-ring (bicyclic) bond motifs is 4. The second-order valence-corrected chi connectivity index (χ2v) is 27.5. The van der Waals surface area contributed by atoms with Gasteiger partial charge in [-0.25, -0.2) is 4.98 Å². The molecule has 4 aromatic heterocycles. The first-order valence-corrected chi connectivity index (χ1v) is 27.7. The molecule has 0 saturated carbocycles. The summed E-state index contributed by atoms with van der Waals surface area (Å²) in [4.78, 5) is 15.9. The smallest absolute Gasteiger partial charge is 0.113 e. The summed E-state index contributed by atoms with van der Waals surface area (Å²) in [6.07, 6.45) is 0.472. The van der Waals surface area contributed by atoms with Crippen molar-refractivity contribution in [2.24, 2.45) is 5.41 Å². The van der Waals surface area contributed by atoms with Crippen LogP contribution in [0.15, 0.2) is 121 Å². The Labute approximate surface area is 421 Å². The van der Waals surface area contributed by atoms with E-state index in [0.29, 0.717) is 11.8 Å². The molecule has 67 heavy (non-hydrogen) atoms. The fourth-order valence-electron chi connectivity index (χ4n) is 8.71. The number of nitrogens with zero attached hydrogens (tertiary/aromatic N) is 4. The Bertz CT molecular complexity index is 3270. The number of thiophene rings is 1. The van der Waals surface area contributed by atoms with Gasteiger partial charge in [0, 0.05) is 40.4 Å². The Morgan fingerprint density at radius 2 is 1.39 bits per heavy atom. The molecule has 9 rings (SSSR count). The first kappa shape index (κ1) is 47.0. The van der Waals surface area contributed by atoms with Crippen LogP contribution in [0.1, 0.15) is 112 Å². The number of para-hydroxylation sites is 2. The normalized spacial score (nSPS) is 12.9. The first-order valence-electron chi connectivity index (χ1n) is 24.4. The van der Waals surface area contributed by atoms with Crippen molar-refractivity contribution in [3.8, 4) is 39.5 Å². The molecule has 4 heterocycles. The predicted octanol–water partition coefficient (Wildman–Crippen LogP) is 16.5. The molecular formula is C60H66IrN4SSi-2. The van der Waals surface area contributed by atoms with Gasteiger partial charge in [0.05, 0.1) is 24.9 Å². The summed E-state index contributed by atoms with van der Waals surface area (Å²) in [5, 5.41) is 3.49. The number of imidazole rings is 1. The van der Waals surface area contributed by atoms with Crippen LogP contribution in [-0.4, -0.2) is 27.6 Å². The van der Waals surface area contributed by atoms with E-state index in [9.17, 15) is 0 Å². The summed E-state index contributed by atoms with van der Waals surface area (Å²) in [6.45, 7) is 30.4. The molecular weight excluding hydrogens is 1030 g/mol. The Kier molecular flexibility index (Phi) is 13.7. The van der Waals surface area contributed by atoms with E-state index in [1.807, 2.05) is 45.2 Å². The molecule has 0 aliphatic rings. The Hall–Kier alpha value is -5.04. The van der Waals surface area contributed by atoms with Gasteiger partial charge in [-0.05, 0) is 110 Å². The second kappa shape index (κ2) is 19.5. The first-order chi connectivity index (χ1) is 32.0. The summed E-state index contributed by atoms with van der Waals surface area (Å²) in [7, 11) is -1.74. The van der Waals surface area contributed by atoms with Crippen molar-refractivity contribution in [1.82, 2.24) is 19.5 Å². The number of aryl methyl sites for hydroxylation is 1. The molecule has 0 atom stereocenters. The largest absolute Gasteiger partial charge is 0.333 e. The molecule has 0 fully saturated rings. The number of benzene rings is 5. The van der Waals surface area contributed by atoms with Crippen LogP contribution in [0.4, 0.5) is 0 Å². The van der Waals surface area contributed by atoms with Crippen LogP contribution >= 0.6 is 11.3 Å². The molecule has 0 aliphatic carbocycles. The third-order valence-electron chi connectivity index (χ3n) is 12.1. The maximum atomic E-state index is 8.89. The van der Waals surface area contributed by atoms with Crippen LogP contribution < -0.4 is 5.19 Å². The molecule has 5 aromatic carbocycles. The Morgan fingerprint density at radius 1 is 0.731 bits per heavy atom. The molecule has 0 unspecified atom stereocenters. The molecule has 0 saturated heterocycles. The van der Waals surface area contributed by atoms with Crippen LogP contribution in [0.3, 0.4) is 0 Å². The van der Waals surface area contributed by atoms with Gasteiger partial charge in [-0.3, -0.25) is 4.98 Å². The molecule has 7 heteroatoms. The standard InChI is InChI=1S/C37H32N3S.C23H34NSi.Ir/c1-22(2)30-20-26(25-12-7-6-8-13-25)21-31(23(3)4)34(30)40-33-17-10-9-16-32(33)39-36(40)29-15-11-14-27-28-19-18-24(5)38-37(28)41-35(27)29;1-22(2,3)15-18-14-20(24-16-21(18)25(7,8)9)17-11-10-12-19(13-17)23(4,5)6;/h6-14,16-23H,1-5H3;10,12-14,16H,15H2,1-9H3;/q2*-1;/i;15D2;. The predicted molar refractivity (Wildman–Crippen MR) is 288 cm³/mol. The Balaban J connectivity index is 0.000000220. The third kappa shape index (κ3) is 10.7. The summed E-state index contributed by atoms with van der Waals surface area (Å²) in [5.74, 6) is 1.56. The van der Waals surface area contributed by atoms with E-state index in [1.165, 1.54) is 49.0 Å². The van der Waals surface area contributed by atoms with Crippen LogP contribution in [0.5, 0.6) is 0 Å². The van der Waals surface area contributed by atoms with Crippen molar-refractivity contribution in [3.63, 3.8) is 0 Å². The van der Waals surface area contributed by atoms with Crippen molar-refractivity contribution in [2.45, 2.75) is 119 Å².